The zero-order valence-electron chi connectivity index (χ0n) is 11.3. The highest BCUT2D eigenvalue weighted by Gasteiger charge is 2.23. The van der Waals surface area contributed by atoms with Gasteiger partial charge in [-0.25, -0.2) is 17.2 Å². The molecule has 0 heterocycles. The molecule has 112 valence electrons. The smallest absolute Gasteiger partial charge is 0.245 e. The minimum Gasteiger partial charge on any atom is -0.398 e. The molecule has 4 nitrogen and oxygen atoms in total. The van der Waals surface area contributed by atoms with E-state index in [9.17, 15) is 17.2 Å². The van der Waals surface area contributed by atoms with Crippen LogP contribution in [0, 0.1) is 11.6 Å². The normalized spacial score (nSPS) is 11.8. The van der Waals surface area contributed by atoms with Crippen LogP contribution in [-0.4, -0.2) is 19.8 Å². The average molecular weight is 312 g/mol. The van der Waals surface area contributed by atoms with Gasteiger partial charge in [0.05, 0.1) is 5.69 Å². The van der Waals surface area contributed by atoms with Gasteiger partial charge in [0.2, 0.25) is 10.0 Å². The SMILES string of the molecule is CN(Cc1ccc(F)cc1)S(=O)(=O)c1ccc(F)cc1N. The van der Waals surface area contributed by atoms with E-state index in [0.29, 0.717) is 5.56 Å². The third kappa shape index (κ3) is 3.37. The molecule has 0 fully saturated rings. The van der Waals surface area contributed by atoms with Crippen LogP contribution >= 0.6 is 0 Å². The van der Waals surface area contributed by atoms with E-state index in [4.69, 9.17) is 5.73 Å². The van der Waals surface area contributed by atoms with Crippen molar-refractivity contribution < 1.29 is 17.2 Å². The minimum atomic E-state index is -3.85. The lowest BCUT2D eigenvalue weighted by Crippen LogP contribution is -2.27. The zero-order chi connectivity index (χ0) is 15.6. The zero-order valence-corrected chi connectivity index (χ0v) is 12.1. The van der Waals surface area contributed by atoms with E-state index in [-0.39, 0.29) is 17.1 Å². The Morgan fingerprint density at radius 1 is 1.05 bits per heavy atom. The summed E-state index contributed by atoms with van der Waals surface area (Å²) < 4.78 is 51.7. The molecule has 0 amide bonds. The van der Waals surface area contributed by atoms with Gasteiger partial charge < -0.3 is 5.73 Å². The molecule has 0 aromatic heterocycles. The molecule has 0 saturated carbocycles. The van der Waals surface area contributed by atoms with Crippen molar-refractivity contribution in [2.75, 3.05) is 12.8 Å². The molecular formula is C14H14F2N2O2S. The summed E-state index contributed by atoms with van der Waals surface area (Å²) in [4.78, 5) is -0.159. The van der Waals surface area contributed by atoms with Crippen LogP contribution in [-0.2, 0) is 16.6 Å². The van der Waals surface area contributed by atoms with E-state index in [1.54, 1.807) is 0 Å². The van der Waals surface area contributed by atoms with Crippen LogP contribution in [0.5, 0.6) is 0 Å². The molecule has 0 unspecified atom stereocenters. The molecule has 0 aliphatic carbocycles. The Hall–Kier alpha value is -1.99. The Labute approximate surface area is 121 Å². The van der Waals surface area contributed by atoms with Gasteiger partial charge in [-0.2, -0.15) is 4.31 Å². The summed E-state index contributed by atoms with van der Waals surface area (Å²) in [6, 6.07) is 8.61. The van der Waals surface area contributed by atoms with Crippen LogP contribution in [0.2, 0.25) is 0 Å². The van der Waals surface area contributed by atoms with Crippen molar-refractivity contribution in [1.82, 2.24) is 4.31 Å². The lowest BCUT2D eigenvalue weighted by Gasteiger charge is -2.18. The highest BCUT2D eigenvalue weighted by Crippen LogP contribution is 2.23. The third-order valence-corrected chi connectivity index (χ3v) is 4.86. The number of benzene rings is 2. The molecule has 0 atom stereocenters. The molecule has 2 aromatic carbocycles. The number of hydrogen-bond acceptors (Lipinski definition) is 3. The van der Waals surface area contributed by atoms with E-state index >= 15 is 0 Å². The van der Waals surface area contributed by atoms with Crippen molar-refractivity contribution >= 4 is 15.7 Å². The van der Waals surface area contributed by atoms with Crippen LogP contribution < -0.4 is 5.73 Å². The van der Waals surface area contributed by atoms with Gasteiger partial charge in [0, 0.05) is 13.6 Å². The molecule has 21 heavy (non-hydrogen) atoms. The molecule has 7 heteroatoms. The number of nitrogens with zero attached hydrogens (tertiary/aromatic N) is 1. The van der Waals surface area contributed by atoms with Gasteiger partial charge in [-0.15, -0.1) is 0 Å². The summed E-state index contributed by atoms with van der Waals surface area (Å²) in [7, 11) is -2.47. The van der Waals surface area contributed by atoms with E-state index in [1.165, 1.54) is 31.3 Å². The van der Waals surface area contributed by atoms with Crippen molar-refractivity contribution in [3.8, 4) is 0 Å². The third-order valence-electron chi connectivity index (χ3n) is 2.98. The average Bonchev–Trinajstić information content (AvgIpc) is 2.40. The van der Waals surface area contributed by atoms with Gasteiger partial charge in [-0.3, -0.25) is 0 Å². The van der Waals surface area contributed by atoms with Crippen LogP contribution in [0.15, 0.2) is 47.4 Å². The molecule has 0 spiro atoms. The fourth-order valence-electron chi connectivity index (χ4n) is 1.85. The second-order valence-electron chi connectivity index (χ2n) is 4.57. The lowest BCUT2D eigenvalue weighted by atomic mass is 10.2. The maximum absolute atomic E-state index is 13.0. The molecule has 0 bridgehead atoms. The summed E-state index contributed by atoms with van der Waals surface area (Å²) in [6.07, 6.45) is 0. The van der Waals surface area contributed by atoms with E-state index in [0.717, 1.165) is 22.5 Å². The summed E-state index contributed by atoms with van der Waals surface area (Å²) in [5.74, 6) is -1.00. The van der Waals surface area contributed by atoms with Gasteiger partial charge in [0.1, 0.15) is 16.5 Å². The maximum atomic E-state index is 13.0. The number of hydrogen-bond donors (Lipinski definition) is 1. The predicted octanol–water partition coefficient (Wildman–Crippen LogP) is 2.37. The van der Waals surface area contributed by atoms with Crippen molar-refractivity contribution in [3.05, 3.63) is 59.7 Å². The summed E-state index contributed by atoms with van der Waals surface area (Å²) in [5, 5.41) is 0. The van der Waals surface area contributed by atoms with Crippen molar-refractivity contribution in [3.63, 3.8) is 0 Å². The molecular weight excluding hydrogens is 298 g/mol. The molecule has 2 aromatic rings. The number of anilines is 1. The Morgan fingerprint density at radius 3 is 2.19 bits per heavy atom. The van der Waals surface area contributed by atoms with E-state index in [1.807, 2.05) is 0 Å². The standard InChI is InChI=1S/C14H14F2N2O2S/c1-18(9-10-2-4-11(15)5-3-10)21(19,20)14-7-6-12(16)8-13(14)17/h2-8H,9,17H2,1H3. The first-order chi connectivity index (χ1) is 9.80. The minimum absolute atomic E-state index is 0.0550. The first kappa shape index (κ1) is 15.4. The first-order valence-corrected chi connectivity index (χ1v) is 7.50. The molecule has 2 rings (SSSR count). The number of nitrogen functional groups attached to an aromatic ring is 1. The Kier molecular flexibility index (Phi) is 4.24. The predicted molar refractivity (Wildman–Crippen MR) is 75.9 cm³/mol. The van der Waals surface area contributed by atoms with Crippen LogP contribution in [0.3, 0.4) is 0 Å². The monoisotopic (exact) mass is 312 g/mol. The van der Waals surface area contributed by atoms with Crippen molar-refractivity contribution in [1.29, 1.82) is 0 Å². The van der Waals surface area contributed by atoms with Gasteiger partial charge >= 0.3 is 0 Å². The topological polar surface area (TPSA) is 63.4 Å². The van der Waals surface area contributed by atoms with Crippen LogP contribution in [0.25, 0.3) is 0 Å². The maximum Gasteiger partial charge on any atom is 0.245 e. The summed E-state index contributed by atoms with van der Waals surface area (Å²) >= 11 is 0. The van der Waals surface area contributed by atoms with Crippen LogP contribution in [0.1, 0.15) is 5.56 Å². The first-order valence-electron chi connectivity index (χ1n) is 6.06. The Balaban J connectivity index is 2.28. The van der Waals surface area contributed by atoms with Gasteiger partial charge in [0.25, 0.3) is 0 Å². The highest BCUT2D eigenvalue weighted by atomic mass is 32.2. The number of sulfonamides is 1. The quantitative estimate of drug-likeness (QED) is 0.882. The summed E-state index contributed by atoms with van der Waals surface area (Å²) in [5.41, 5.74) is 6.04. The van der Waals surface area contributed by atoms with E-state index < -0.39 is 21.7 Å². The molecule has 0 aliphatic rings. The number of halogens is 2. The molecule has 0 saturated heterocycles. The van der Waals surface area contributed by atoms with E-state index in [2.05, 4.69) is 0 Å². The Bertz CT molecular complexity index is 746. The second kappa shape index (κ2) is 5.79. The number of rotatable bonds is 4. The molecule has 0 aliphatic heterocycles. The van der Waals surface area contributed by atoms with Gasteiger partial charge in [-0.1, -0.05) is 12.1 Å². The fraction of sp³-hybridized carbons (Fsp3) is 0.143. The molecule has 2 N–H and O–H groups in total. The van der Waals surface area contributed by atoms with Crippen molar-refractivity contribution in [2.45, 2.75) is 11.4 Å². The van der Waals surface area contributed by atoms with Gasteiger partial charge in [0.15, 0.2) is 0 Å². The largest absolute Gasteiger partial charge is 0.398 e. The lowest BCUT2D eigenvalue weighted by molar-refractivity contribution is 0.466. The van der Waals surface area contributed by atoms with Gasteiger partial charge in [-0.05, 0) is 35.9 Å². The number of nitrogens with two attached hydrogens (primary N) is 1. The second-order valence-corrected chi connectivity index (χ2v) is 6.58. The molecule has 0 radical (unpaired) electrons. The highest BCUT2D eigenvalue weighted by molar-refractivity contribution is 7.89. The van der Waals surface area contributed by atoms with Crippen molar-refractivity contribution in [2.24, 2.45) is 0 Å². The van der Waals surface area contributed by atoms with Crippen LogP contribution in [0.4, 0.5) is 14.5 Å². The summed E-state index contributed by atoms with van der Waals surface area (Å²) in [6.45, 7) is 0.0550. The Morgan fingerprint density at radius 2 is 1.62 bits per heavy atom. The fourth-order valence-corrected chi connectivity index (χ4v) is 3.11.